The average molecular weight is 565 g/mol. The van der Waals surface area contributed by atoms with Crippen LogP contribution in [0.3, 0.4) is 0 Å². The lowest BCUT2D eigenvalue weighted by molar-refractivity contribution is 1.17. The maximum absolute atomic E-state index is 2.46. The van der Waals surface area contributed by atoms with Gasteiger partial charge in [-0.1, -0.05) is 84.9 Å². The van der Waals surface area contributed by atoms with E-state index >= 15 is 0 Å². The summed E-state index contributed by atoms with van der Waals surface area (Å²) in [5.74, 6) is 0. The van der Waals surface area contributed by atoms with E-state index in [1.165, 1.54) is 75.3 Å². The van der Waals surface area contributed by atoms with Gasteiger partial charge in [-0.2, -0.15) is 0 Å². The number of aromatic nitrogens is 1. The Bertz CT molecular complexity index is 2510. The predicted molar refractivity (Wildman–Crippen MR) is 185 cm³/mol. The van der Waals surface area contributed by atoms with Crippen LogP contribution in [0.25, 0.3) is 69.6 Å². The summed E-state index contributed by atoms with van der Waals surface area (Å²) in [5, 5.41) is 7.80. The standard InChI is InChI=1S/C40H24N2S/c1-4-15-34-28(11-1)29-12-2-5-16-35(29)41(34)26-19-21-27(22-20-26)42-36-17-8-10-25-9-7-14-31(40(25)36)32-23-33-30-13-3-6-18-38(30)43-39(33)24-37(32)42/h1-24H. The summed E-state index contributed by atoms with van der Waals surface area (Å²) in [6, 6.07) is 53.5. The molecule has 0 unspecified atom stereocenters. The number of anilines is 3. The Morgan fingerprint density at radius 1 is 0.419 bits per heavy atom. The molecule has 0 aliphatic carbocycles. The van der Waals surface area contributed by atoms with Crippen LogP contribution in [0.5, 0.6) is 0 Å². The Morgan fingerprint density at radius 2 is 1.07 bits per heavy atom. The van der Waals surface area contributed by atoms with Crippen LogP contribution in [0.4, 0.5) is 17.1 Å². The van der Waals surface area contributed by atoms with Crippen molar-refractivity contribution in [3.8, 4) is 16.8 Å². The molecule has 0 saturated heterocycles. The van der Waals surface area contributed by atoms with Crippen LogP contribution in [-0.4, -0.2) is 4.57 Å². The van der Waals surface area contributed by atoms with Crippen LogP contribution in [0, 0.1) is 0 Å². The van der Waals surface area contributed by atoms with Crippen molar-refractivity contribution in [2.24, 2.45) is 0 Å². The van der Waals surface area contributed by atoms with E-state index in [4.69, 9.17) is 0 Å². The van der Waals surface area contributed by atoms with Crippen molar-refractivity contribution in [1.29, 1.82) is 0 Å². The van der Waals surface area contributed by atoms with Crippen molar-refractivity contribution < 1.29 is 0 Å². The second-order valence-electron chi connectivity index (χ2n) is 11.4. The quantitative estimate of drug-likeness (QED) is 0.203. The highest BCUT2D eigenvalue weighted by atomic mass is 32.1. The molecule has 10 rings (SSSR count). The third-order valence-corrected chi connectivity index (χ3v) is 10.2. The first-order valence-corrected chi connectivity index (χ1v) is 15.5. The molecule has 1 aliphatic heterocycles. The third kappa shape index (κ3) is 3.17. The Morgan fingerprint density at radius 3 is 1.84 bits per heavy atom. The lowest BCUT2D eigenvalue weighted by Crippen LogP contribution is -2.15. The predicted octanol–water partition coefficient (Wildman–Crippen LogP) is 11.8. The summed E-state index contributed by atoms with van der Waals surface area (Å²) in [5.41, 5.74) is 9.83. The molecule has 0 amide bonds. The summed E-state index contributed by atoms with van der Waals surface area (Å²) in [6.07, 6.45) is 0. The van der Waals surface area contributed by atoms with Gasteiger partial charge in [-0.05, 0) is 71.6 Å². The number of nitrogens with zero attached hydrogens (tertiary/aromatic N) is 2. The minimum atomic E-state index is 1.16. The highest BCUT2D eigenvalue weighted by molar-refractivity contribution is 7.25. The van der Waals surface area contributed by atoms with Gasteiger partial charge in [-0.3, -0.25) is 0 Å². The molecule has 0 saturated carbocycles. The van der Waals surface area contributed by atoms with Gasteiger partial charge in [-0.15, -0.1) is 11.3 Å². The van der Waals surface area contributed by atoms with Gasteiger partial charge in [0.15, 0.2) is 0 Å². The molecular weight excluding hydrogens is 541 g/mol. The molecule has 0 radical (unpaired) electrons. The first-order valence-electron chi connectivity index (χ1n) is 14.7. The highest BCUT2D eigenvalue weighted by Gasteiger charge is 2.27. The number of thiophene rings is 1. The van der Waals surface area contributed by atoms with E-state index in [9.17, 15) is 0 Å². The van der Waals surface area contributed by atoms with Gasteiger partial charge in [-0.25, -0.2) is 0 Å². The van der Waals surface area contributed by atoms with Crippen molar-refractivity contribution in [3.05, 3.63) is 146 Å². The van der Waals surface area contributed by atoms with Crippen molar-refractivity contribution >= 4 is 81.1 Å². The lowest BCUT2D eigenvalue weighted by Gasteiger charge is -2.33. The van der Waals surface area contributed by atoms with Crippen LogP contribution >= 0.6 is 11.3 Å². The molecule has 3 heteroatoms. The van der Waals surface area contributed by atoms with E-state index in [-0.39, 0.29) is 0 Å². The van der Waals surface area contributed by atoms with Crippen molar-refractivity contribution in [3.63, 3.8) is 0 Å². The highest BCUT2D eigenvalue weighted by Crippen LogP contribution is 2.53. The summed E-state index contributed by atoms with van der Waals surface area (Å²) in [6.45, 7) is 0. The average Bonchev–Trinajstić information content (AvgIpc) is 3.60. The van der Waals surface area contributed by atoms with Crippen LogP contribution in [0.15, 0.2) is 146 Å². The molecule has 3 heterocycles. The molecule has 0 bridgehead atoms. The zero-order valence-corrected chi connectivity index (χ0v) is 24.0. The fourth-order valence-corrected chi connectivity index (χ4v) is 8.37. The van der Waals surface area contributed by atoms with Gasteiger partial charge < -0.3 is 9.47 Å². The molecule has 0 spiro atoms. The molecule has 0 N–H and O–H groups in total. The topological polar surface area (TPSA) is 8.17 Å². The summed E-state index contributed by atoms with van der Waals surface area (Å²) >= 11 is 1.88. The molecule has 9 aromatic rings. The summed E-state index contributed by atoms with van der Waals surface area (Å²) < 4.78 is 5.03. The zero-order chi connectivity index (χ0) is 28.1. The fourth-order valence-electron chi connectivity index (χ4n) is 7.25. The van der Waals surface area contributed by atoms with E-state index in [0.717, 1.165) is 11.4 Å². The molecule has 7 aromatic carbocycles. The number of hydrogen-bond donors (Lipinski definition) is 0. The van der Waals surface area contributed by atoms with Gasteiger partial charge in [0, 0.05) is 53.3 Å². The van der Waals surface area contributed by atoms with Crippen LogP contribution in [0.1, 0.15) is 0 Å². The smallest absolute Gasteiger partial charge is 0.0555 e. The first-order chi connectivity index (χ1) is 21.3. The Hall–Kier alpha value is -5.38. The Balaban J connectivity index is 1.22. The van der Waals surface area contributed by atoms with E-state index in [1.807, 2.05) is 11.3 Å². The Kier molecular flexibility index (Phi) is 4.63. The molecule has 0 fully saturated rings. The normalized spacial score (nSPS) is 12.6. The fraction of sp³-hybridized carbons (Fsp3) is 0. The van der Waals surface area contributed by atoms with E-state index < -0.39 is 0 Å². The zero-order valence-electron chi connectivity index (χ0n) is 23.2. The van der Waals surface area contributed by atoms with Crippen LogP contribution in [0.2, 0.25) is 0 Å². The van der Waals surface area contributed by atoms with E-state index in [0.29, 0.717) is 0 Å². The maximum Gasteiger partial charge on any atom is 0.0555 e. The number of hydrogen-bond acceptors (Lipinski definition) is 2. The van der Waals surface area contributed by atoms with Gasteiger partial charge in [0.1, 0.15) is 0 Å². The molecular formula is C40H24N2S. The largest absolute Gasteiger partial charge is 0.309 e. The van der Waals surface area contributed by atoms with Gasteiger partial charge >= 0.3 is 0 Å². The molecule has 2 aromatic heterocycles. The van der Waals surface area contributed by atoms with Gasteiger partial charge in [0.25, 0.3) is 0 Å². The first kappa shape index (κ1) is 23.2. The van der Waals surface area contributed by atoms with E-state index in [2.05, 4.69) is 155 Å². The minimum Gasteiger partial charge on any atom is -0.309 e. The van der Waals surface area contributed by atoms with Gasteiger partial charge in [0.2, 0.25) is 0 Å². The van der Waals surface area contributed by atoms with Crippen LogP contribution in [-0.2, 0) is 0 Å². The molecule has 43 heavy (non-hydrogen) atoms. The molecule has 1 aliphatic rings. The maximum atomic E-state index is 2.46. The summed E-state index contributed by atoms with van der Waals surface area (Å²) in [7, 11) is 0. The monoisotopic (exact) mass is 564 g/mol. The second-order valence-corrected chi connectivity index (χ2v) is 12.4. The minimum absolute atomic E-state index is 1.16. The lowest BCUT2D eigenvalue weighted by atomic mass is 9.90. The molecule has 0 atom stereocenters. The second kappa shape index (κ2) is 8.57. The number of fused-ring (bicyclic) bond motifs is 8. The SMILES string of the molecule is c1cc2c3c(cccc3c1)N(c1ccc(-n3c4ccccc4c4ccccc43)cc1)c1cc3sc4ccccc4c3cc1-2. The van der Waals surface area contributed by atoms with E-state index in [1.54, 1.807) is 0 Å². The Labute approximate surface area is 252 Å². The number of rotatable bonds is 2. The third-order valence-electron chi connectivity index (χ3n) is 9.10. The van der Waals surface area contributed by atoms with Crippen molar-refractivity contribution in [2.75, 3.05) is 4.90 Å². The van der Waals surface area contributed by atoms with Crippen molar-refractivity contribution in [2.45, 2.75) is 0 Å². The van der Waals surface area contributed by atoms with Gasteiger partial charge in [0.05, 0.1) is 22.4 Å². The summed E-state index contributed by atoms with van der Waals surface area (Å²) in [4.78, 5) is 2.46. The molecule has 2 nitrogen and oxygen atoms in total. The number of para-hydroxylation sites is 2. The molecule has 200 valence electrons. The van der Waals surface area contributed by atoms with Crippen molar-refractivity contribution in [1.82, 2.24) is 4.57 Å². The number of benzene rings is 7. The van der Waals surface area contributed by atoms with Crippen LogP contribution < -0.4 is 4.90 Å².